The predicted molar refractivity (Wildman–Crippen MR) is 111 cm³/mol. The Morgan fingerprint density at radius 3 is 2.19 bits per heavy atom. The lowest BCUT2D eigenvalue weighted by atomic mass is 10.1. The van der Waals surface area contributed by atoms with E-state index in [1.165, 1.54) is 10.5 Å². The third kappa shape index (κ3) is 5.94. The van der Waals surface area contributed by atoms with Crippen molar-refractivity contribution in [3.63, 3.8) is 0 Å². The molecule has 0 saturated carbocycles. The van der Waals surface area contributed by atoms with Crippen molar-refractivity contribution in [3.8, 4) is 0 Å². The van der Waals surface area contributed by atoms with Crippen LogP contribution in [0.3, 0.4) is 0 Å². The van der Waals surface area contributed by atoms with Gasteiger partial charge >= 0.3 is 0 Å². The minimum Gasteiger partial charge on any atom is -0.326 e. The average molecular weight is 382 g/mol. The molecule has 132 valence electrons. The van der Waals surface area contributed by atoms with Gasteiger partial charge in [-0.25, -0.2) is 0 Å². The summed E-state index contributed by atoms with van der Waals surface area (Å²) in [5.41, 5.74) is 3.18. The Morgan fingerprint density at radius 2 is 1.50 bits per heavy atom. The summed E-state index contributed by atoms with van der Waals surface area (Å²) in [4.78, 5) is 13.4. The molecule has 0 aliphatic carbocycles. The largest absolute Gasteiger partial charge is 0.326 e. The number of carbonyl (C=O) groups excluding carboxylic acids is 1. The van der Waals surface area contributed by atoms with E-state index >= 15 is 0 Å². The second kappa shape index (κ2) is 9.46. The van der Waals surface area contributed by atoms with E-state index in [0.29, 0.717) is 17.9 Å². The number of aryl methyl sites for hydroxylation is 1. The molecular formula is C22H20ClNOS. The number of rotatable bonds is 7. The Balaban J connectivity index is 1.45. The topological polar surface area (TPSA) is 29.1 Å². The molecule has 0 unspecified atom stereocenters. The molecule has 0 fully saturated rings. The summed E-state index contributed by atoms with van der Waals surface area (Å²) < 4.78 is 0. The zero-order valence-corrected chi connectivity index (χ0v) is 15.9. The van der Waals surface area contributed by atoms with Crippen LogP contribution >= 0.6 is 23.4 Å². The molecule has 3 aromatic rings. The van der Waals surface area contributed by atoms with Gasteiger partial charge in [0.25, 0.3) is 0 Å². The maximum atomic E-state index is 12.1. The van der Waals surface area contributed by atoms with Crippen LogP contribution in [-0.4, -0.2) is 5.91 Å². The van der Waals surface area contributed by atoms with Crippen LogP contribution in [-0.2, 0) is 17.0 Å². The van der Waals surface area contributed by atoms with Gasteiger partial charge in [0.15, 0.2) is 0 Å². The summed E-state index contributed by atoms with van der Waals surface area (Å²) >= 11 is 7.67. The molecule has 26 heavy (non-hydrogen) atoms. The standard InChI is InChI=1S/C22H20ClNOS/c23-19-11-6-17(7-12-19)10-15-22(25)24-20-13-8-18(9-14-20)16-26-21-4-2-1-3-5-21/h1-9,11-14H,10,15-16H2,(H,24,25). The Hall–Kier alpha value is -2.23. The van der Waals surface area contributed by atoms with Gasteiger partial charge in [0.2, 0.25) is 5.91 Å². The zero-order chi connectivity index (χ0) is 18.2. The minimum absolute atomic E-state index is 0.0198. The molecule has 4 heteroatoms. The van der Waals surface area contributed by atoms with Gasteiger partial charge in [0.1, 0.15) is 0 Å². The fraction of sp³-hybridized carbons (Fsp3) is 0.136. The first-order valence-electron chi connectivity index (χ1n) is 8.50. The summed E-state index contributed by atoms with van der Waals surface area (Å²) in [6, 6.07) is 26.0. The Kier molecular flexibility index (Phi) is 6.75. The maximum Gasteiger partial charge on any atom is 0.224 e. The van der Waals surface area contributed by atoms with Crippen LogP contribution in [0.5, 0.6) is 0 Å². The molecule has 0 radical (unpaired) electrons. The highest BCUT2D eigenvalue weighted by molar-refractivity contribution is 7.98. The van der Waals surface area contributed by atoms with Gasteiger partial charge in [0.05, 0.1) is 0 Å². The number of anilines is 1. The molecule has 1 amide bonds. The van der Waals surface area contributed by atoms with Gasteiger partial charge in [-0.3, -0.25) is 4.79 Å². The van der Waals surface area contributed by atoms with Gasteiger partial charge in [0, 0.05) is 27.8 Å². The minimum atomic E-state index is 0.0198. The van der Waals surface area contributed by atoms with Crippen molar-refractivity contribution < 1.29 is 4.79 Å². The van der Waals surface area contributed by atoms with E-state index in [0.717, 1.165) is 17.0 Å². The summed E-state index contributed by atoms with van der Waals surface area (Å²) in [7, 11) is 0. The molecule has 3 aromatic carbocycles. The monoisotopic (exact) mass is 381 g/mol. The van der Waals surface area contributed by atoms with Gasteiger partial charge in [-0.2, -0.15) is 0 Å². The van der Waals surface area contributed by atoms with Gasteiger partial charge < -0.3 is 5.32 Å². The average Bonchev–Trinajstić information content (AvgIpc) is 2.68. The molecule has 2 nitrogen and oxygen atoms in total. The number of nitrogens with one attached hydrogen (secondary N) is 1. The molecule has 3 rings (SSSR count). The van der Waals surface area contributed by atoms with Gasteiger partial charge in [-0.05, 0) is 53.9 Å². The molecular weight excluding hydrogens is 362 g/mol. The quantitative estimate of drug-likeness (QED) is 0.493. The highest BCUT2D eigenvalue weighted by Crippen LogP contribution is 2.23. The summed E-state index contributed by atoms with van der Waals surface area (Å²) in [5.74, 6) is 0.931. The zero-order valence-electron chi connectivity index (χ0n) is 14.3. The van der Waals surface area contributed by atoms with E-state index in [9.17, 15) is 4.79 Å². The molecule has 0 bridgehead atoms. The number of thioether (sulfide) groups is 1. The van der Waals surface area contributed by atoms with Crippen molar-refractivity contribution in [2.75, 3.05) is 5.32 Å². The van der Waals surface area contributed by atoms with Crippen LogP contribution in [0, 0.1) is 0 Å². The summed E-state index contributed by atoms with van der Waals surface area (Å²) in [5, 5.41) is 3.66. The Labute approximate surface area is 163 Å². The van der Waals surface area contributed by atoms with E-state index in [1.807, 2.05) is 54.6 Å². The smallest absolute Gasteiger partial charge is 0.224 e. The molecule has 0 aliphatic rings. The lowest BCUT2D eigenvalue weighted by molar-refractivity contribution is -0.116. The summed E-state index contributed by atoms with van der Waals surface area (Å²) in [6.07, 6.45) is 1.15. The molecule has 0 heterocycles. The first-order valence-corrected chi connectivity index (χ1v) is 9.86. The van der Waals surface area contributed by atoms with Crippen molar-refractivity contribution >= 4 is 35.0 Å². The van der Waals surface area contributed by atoms with Crippen LogP contribution in [0.25, 0.3) is 0 Å². The second-order valence-electron chi connectivity index (χ2n) is 5.97. The fourth-order valence-corrected chi connectivity index (χ4v) is 3.50. The highest BCUT2D eigenvalue weighted by atomic mass is 35.5. The first kappa shape index (κ1) is 18.6. The van der Waals surface area contributed by atoms with Crippen molar-refractivity contribution in [1.82, 2.24) is 0 Å². The second-order valence-corrected chi connectivity index (χ2v) is 7.46. The van der Waals surface area contributed by atoms with E-state index in [4.69, 9.17) is 11.6 Å². The van der Waals surface area contributed by atoms with E-state index in [2.05, 4.69) is 29.6 Å². The van der Waals surface area contributed by atoms with Crippen molar-refractivity contribution in [2.24, 2.45) is 0 Å². The lowest BCUT2D eigenvalue weighted by Gasteiger charge is -2.07. The molecule has 0 spiro atoms. The molecule has 0 atom stereocenters. The molecule has 0 aliphatic heterocycles. The number of hydrogen-bond acceptors (Lipinski definition) is 2. The number of halogens is 1. The molecule has 1 N–H and O–H groups in total. The van der Waals surface area contributed by atoms with Gasteiger partial charge in [-0.1, -0.05) is 54.1 Å². The van der Waals surface area contributed by atoms with Crippen molar-refractivity contribution in [3.05, 3.63) is 95.0 Å². The SMILES string of the molecule is O=C(CCc1ccc(Cl)cc1)Nc1ccc(CSc2ccccc2)cc1. The van der Waals surface area contributed by atoms with Crippen molar-refractivity contribution in [2.45, 2.75) is 23.5 Å². The number of amides is 1. The van der Waals surface area contributed by atoms with Crippen LogP contribution in [0.1, 0.15) is 17.5 Å². The third-order valence-corrected chi connectivity index (χ3v) is 5.28. The van der Waals surface area contributed by atoms with E-state index < -0.39 is 0 Å². The third-order valence-electron chi connectivity index (χ3n) is 3.94. The normalized spacial score (nSPS) is 10.5. The summed E-state index contributed by atoms with van der Waals surface area (Å²) in [6.45, 7) is 0. The molecule has 0 saturated heterocycles. The predicted octanol–water partition coefficient (Wildman–Crippen LogP) is 6.20. The highest BCUT2D eigenvalue weighted by Gasteiger charge is 2.04. The number of hydrogen-bond donors (Lipinski definition) is 1. The number of carbonyl (C=O) groups is 1. The van der Waals surface area contributed by atoms with Crippen molar-refractivity contribution in [1.29, 1.82) is 0 Å². The van der Waals surface area contributed by atoms with E-state index in [-0.39, 0.29) is 5.91 Å². The Bertz CT molecular complexity index is 832. The van der Waals surface area contributed by atoms with Crippen LogP contribution in [0.4, 0.5) is 5.69 Å². The number of benzene rings is 3. The lowest BCUT2D eigenvalue weighted by Crippen LogP contribution is -2.12. The van der Waals surface area contributed by atoms with Gasteiger partial charge in [-0.15, -0.1) is 11.8 Å². The first-order chi connectivity index (χ1) is 12.7. The fourth-order valence-electron chi connectivity index (χ4n) is 2.50. The van der Waals surface area contributed by atoms with Crippen LogP contribution in [0.15, 0.2) is 83.8 Å². The van der Waals surface area contributed by atoms with E-state index in [1.54, 1.807) is 11.8 Å². The molecule has 0 aromatic heterocycles. The van der Waals surface area contributed by atoms with Crippen LogP contribution in [0.2, 0.25) is 5.02 Å². The van der Waals surface area contributed by atoms with Crippen LogP contribution < -0.4 is 5.32 Å². The maximum absolute atomic E-state index is 12.1. The Morgan fingerprint density at radius 1 is 0.846 bits per heavy atom.